The highest BCUT2D eigenvalue weighted by Gasteiger charge is 2.34. The van der Waals surface area contributed by atoms with Crippen molar-refractivity contribution in [2.24, 2.45) is 0 Å². The SMILES string of the molecule is Cc1nc(NC(=O)C2CCCCN2S(C)(=O)=O)sc1C. The van der Waals surface area contributed by atoms with Crippen molar-refractivity contribution < 1.29 is 13.2 Å². The molecular formula is C12H19N3O3S2. The minimum Gasteiger partial charge on any atom is -0.301 e. The van der Waals surface area contributed by atoms with E-state index in [0.29, 0.717) is 18.1 Å². The molecule has 2 rings (SSSR count). The van der Waals surface area contributed by atoms with Crippen LogP contribution in [0.15, 0.2) is 0 Å². The van der Waals surface area contributed by atoms with E-state index < -0.39 is 16.1 Å². The van der Waals surface area contributed by atoms with E-state index in [9.17, 15) is 13.2 Å². The number of hydrogen-bond donors (Lipinski definition) is 1. The number of carbonyl (C=O) groups excluding carboxylic acids is 1. The lowest BCUT2D eigenvalue weighted by Crippen LogP contribution is -2.49. The van der Waals surface area contributed by atoms with E-state index in [4.69, 9.17) is 0 Å². The summed E-state index contributed by atoms with van der Waals surface area (Å²) in [6.45, 7) is 4.23. The largest absolute Gasteiger partial charge is 0.301 e. The Labute approximate surface area is 123 Å². The van der Waals surface area contributed by atoms with Crippen LogP contribution in [0.2, 0.25) is 0 Å². The number of aromatic nitrogens is 1. The standard InChI is InChI=1S/C12H19N3O3S2/c1-8-9(2)19-12(13-8)14-11(16)10-6-4-5-7-15(10)20(3,17)18/h10H,4-7H2,1-3H3,(H,13,14,16). The van der Waals surface area contributed by atoms with Gasteiger partial charge in [-0.25, -0.2) is 13.4 Å². The molecule has 1 unspecified atom stereocenters. The van der Waals surface area contributed by atoms with Crippen LogP contribution < -0.4 is 5.32 Å². The molecule has 1 aliphatic heterocycles. The van der Waals surface area contributed by atoms with E-state index in [0.717, 1.165) is 29.7 Å². The highest BCUT2D eigenvalue weighted by atomic mass is 32.2. The molecule has 8 heteroatoms. The van der Waals surface area contributed by atoms with E-state index >= 15 is 0 Å². The van der Waals surface area contributed by atoms with Crippen molar-refractivity contribution in [3.8, 4) is 0 Å². The summed E-state index contributed by atoms with van der Waals surface area (Å²) >= 11 is 1.40. The van der Waals surface area contributed by atoms with Crippen molar-refractivity contribution in [3.63, 3.8) is 0 Å². The number of thiazole rings is 1. The summed E-state index contributed by atoms with van der Waals surface area (Å²) < 4.78 is 24.8. The average Bonchev–Trinajstić information content (AvgIpc) is 2.67. The van der Waals surface area contributed by atoms with E-state index in [1.54, 1.807) is 0 Å². The van der Waals surface area contributed by atoms with E-state index in [2.05, 4.69) is 10.3 Å². The molecular weight excluding hydrogens is 298 g/mol. The van der Waals surface area contributed by atoms with E-state index in [1.165, 1.54) is 15.6 Å². The zero-order valence-electron chi connectivity index (χ0n) is 11.8. The van der Waals surface area contributed by atoms with Gasteiger partial charge in [-0.2, -0.15) is 4.31 Å². The molecule has 0 radical (unpaired) electrons. The molecule has 112 valence electrons. The molecule has 0 aromatic carbocycles. The fraction of sp³-hybridized carbons (Fsp3) is 0.667. The summed E-state index contributed by atoms with van der Waals surface area (Å²) in [7, 11) is -3.36. The van der Waals surface area contributed by atoms with Crippen molar-refractivity contribution in [1.82, 2.24) is 9.29 Å². The van der Waals surface area contributed by atoms with Gasteiger partial charge in [0, 0.05) is 11.4 Å². The normalized spacial score (nSPS) is 20.9. The lowest BCUT2D eigenvalue weighted by molar-refractivity contribution is -0.120. The summed E-state index contributed by atoms with van der Waals surface area (Å²) in [5, 5.41) is 3.27. The van der Waals surface area contributed by atoms with Crippen molar-refractivity contribution in [1.29, 1.82) is 0 Å². The van der Waals surface area contributed by atoms with Crippen molar-refractivity contribution >= 4 is 32.4 Å². The number of aryl methyl sites for hydroxylation is 2. The number of amides is 1. The maximum Gasteiger partial charge on any atom is 0.244 e. The quantitative estimate of drug-likeness (QED) is 0.916. The minimum atomic E-state index is -3.36. The molecule has 1 amide bonds. The lowest BCUT2D eigenvalue weighted by atomic mass is 10.0. The summed E-state index contributed by atoms with van der Waals surface area (Å²) in [6.07, 6.45) is 3.37. The fourth-order valence-electron chi connectivity index (χ4n) is 2.28. The number of sulfonamides is 1. The van der Waals surface area contributed by atoms with Gasteiger partial charge in [0.1, 0.15) is 6.04 Å². The molecule has 0 spiro atoms. The lowest BCUT2D eigenvalue weighted by Gasteiger charge is -2.32. The smallest absolute Gasteiger partial charge is 0.244 e. The van der Waals surface area contributed by atoms with Gasteiger partial charge >= 0.3 is 0 Å². The molecule has 20 heavy (non-hydrogen) atoms. The molecule has 1 aromatic heterocycles. The predicted octanol–water partition coefficient (Wildman–Crippen LogP) is 1.51. The van der Waals surface area contributed by atoms with Gasteiger partial charge in [-0.3, -0.25) is 4.79 Å². The van der Waals surface area contributed by atoms with Crippen LogP contribution in [0.25, 0.3) is 0 Å². The van der Waals surface area contributed by atoms with Gasteiger partial charge < -0.3 is 5.32 Å². The molecule has 2 heterocycles. The van der Waals surface area contributed by atoms with E-state index in [1.807, 2.05) is 13.8 Å². The Kier molecular flexibility index (Phi) is 4.46. The van der Waals surface area contributed by atoms with Crippen LogP contribution in [0, 0.1) is 13.8 Å². The van der Waals surface area contributed by atoms with Gasteiger partial charge in [0.25, 0.3) is 0 Å². The van der Waals surface area contributed by atoms with Gasteiger partial charge in [-0.15, -0.1) is 11.3 Å². The van der Waals surface area contributed by atoms with Crippen LogP contribution in [-0.4, -0.2) is 42.5 Å². The monoisotopic (exact) mass is 317 g/mol. The molecule has 1 N–H and O–H groups in total. The molecule has 0 aliphatic carbocycles. The summed E-state index contributed by atoms with van der Waals surface area (Å²) in [5.41, 5.74) is 0.883. The van der Waals surface area contributed by atoms with Crippen LogP contribution in [0.5, 0.6) is 0 Å². The number of anilines is 1. The predicted molar refractivity (Wildman–Crippen MR) is 79.4 cm³/mol. The third-order valence-corrected chi connectivity index (χ3v) is 5.72. The molecule has 1 aliphatic rings. The van der Waals surface area contributed by atoms with Gasteiger partial charge in [-0.1, -0.05) is 6.42 Å². The van der Waals surface area contributed by atoms with Crippen molar-refractivity contribution in [3.05, 3.63) is 10.6 Å². The minimum absolute atomic E-state index is 0.288. The van der Waals surface area contributed by atoms with Gasteiger partial charge in [0.05, 0.1) is 11.9 Å². The zero-order valence-corrected chi connectivity index (χ0v) is 13.5. The highest BCUT2D eigenvalue weighted by molar-refractivity contribution is 7.88. The van der Waals surface area contributed by atoms with Crippen molar-refractivity contribution in [2.45, 2.75) is 39.2 Å². The number of nitrogens with zero attached hydrogens (tertiary/aromatic N) is 2. The number of hydrogen-bond acceptors (Lipinski definition) is 5. The Morgan fingerprint density at radius 2 is 2.10 bits per heavy atom. The molecule has 1 atom stereocenters. The Morgan fingerprint density at radius 3 is 2.65 bits per heavy atom. The van der Waals surface area contributed by atoms with Gasteiger partial charge in [0.15, 0.2) is 5.13 Å². The Balaban J connectivity index is 2.14. The number of piperidine rings is 1. The number of rotatable bonds is 3. The summed E-state index contributed by atoms with van der Waals surface area (Å²) in [4.78, 5) is 17.6. The first kappa shape index (κ1) is 15.4. The van der Waals surface area contributed by atoms with Crippen LogP contribution in [-0.2, 0) is 14.8 Å². The second-order valence-corrected chi connectivity index (χ2v) is 8.17. The third kappa shape index (κ3) is 3.36. The van der Waals surface area contributed by atoms with E-state index in [-0.39, 0.29) is 5.91 Å². The van der Waals surface area contributed by atoms with Crippen LogP contribution >= 0.6 is 11.3 Å². The topological polar surface area (TPSA) is 79.4 Å². The van der Waals surface area contributed by atoms with Gasteiger partial charge in [-0.05, 0) is 26.7 Å². The van der Waals surface area contributed by atoms with Gasteiger partial charge in [0.2, 0.25) is 15.9 Å². The maximum atomic E-state index is 12.3. The van der Waals surface area contributed by atoms with Crippen LogP contribution in [0.4, 0.5) is 5.13 Å². The summed E-state index contributed by atoms with van der Waals surface area (Å²) in [5.74, 6) is -0.288. The average molecular weight is 317 g/mol. The molecule has 0 saturated carbocycles. The fourth-order valence-corrected chi connectivity index (χ4v) is 4.22. The first-order valence-corrected chi connectivity index (χ1v) is 9.17. The molecule has 1 saturated heterocycles. The molecule has 1 fully saturated rings. The first-order valence-electron chi connectivity index (χ1n) is 6.51. The third-order valence-electron chi connectivity index (χ3n) is 3.44. The first-order chi connectivity index (χ1) is 9.29. The number of nitrogens with one attached hydrogen (secondary N) is 1. The zero-order chi connectivity index (χ0) is 14.9. The number of carbonyl (C=O) groups is 1. The highest BCUT2D eigenvalue weighted by Crippen LogP contribution is 2.24. The Hall–Kier alpha value is -0.990. The van der Waals surface area contributed by atoms with Crippen molar-refractivity contribution in [2.75, 3.05) is 18.1 Å². The Morgan fingerprint density at radius 1 is 1.40 bits per heavy atom. The second-order valence-electron chi connectivity index (χ2n) is 5.04. The molecule has 0 bridgehead atoms. The Bertz CT molecular complexity index is 590. The molecule has 6 nitrogen and oxygen atoms in total. The van der Waals surface area contributed by atoms with Crippen LogP contribution in [0.3, 0.4) is 0 Å². The maximum absolute atomic E-state index is 12.3. The summed E-state index contributed by atoms with van der Waals surface area (Å²) in [6, 6.07) is -0.622. The molecule has 1 aromatic rings. The second kappa shape index (κ2) is 5.79. The van der Waals surface area contributed by atoms with Crippen LogP contribution in [0.1, 0.15) is 29.8 Å².